The van der Waals surface area contributed by atoms with E-state index in [4.69, 9.17) is 14.5 Å². The molecule has 1 fully saturated rings. The first-order valence-corrected chi connectivity index (χ1v) is 10.2. The number of hydrogen-bond donors (Lipinski definition) is 0. The van der Waals surface area contributed by atoms with E-state index in [1.54, 1.807) is 14.2 Å². The van der Waals surface area contributed by atoms with Crippen LogP contribution in [0.1, 0.15) is 41.4 Å². The van der Waals surface area contributed by atoms with Gasteiger partial charge in [-0.1, -0.05) is 36.4 Å². The van der Waals surface area contributed by atoms with Gasteiger partial charge in [-0.3, -0.25) is 9.88 Å². The van der Waals surface area contributed by atoms with Crippen molar-refractivity contribution in [1.29, 1.82) is 0 Å². The van der Waals surface area contributed by atoms with Crippen molar-refractivity contribution in [2.24, 2.45) is 0 Å². The summed E-state index contributed by atoms with van der Waals surface area (Å²) in [5, 5.41) is 0. The average Bonchev–Trinajstić information content (AvgIpc) is 3.23. The van der Waals surface area contributed by atoms with Crippen molar-refractivity contribution in [3.8, 4) is 11.5 Å². The molecule has 0 aliphatic carbocycles. The maximum atomic E-state index is 5.50. The van der Waals surface area contributed by atoms with Crippen LogP contribution in [0.25, 0.3) is 0 Å². The lowest BCUT2D eigenvalue weighted by atomic mass is 10.1. The van der Waals surface area contributed by atoms with Gasteiger partial charge in [-0.15, -0.1) is 0 Å². The third-order valence-corrected chi connectivity index (χ3v) is 5.64. The van der Waals surface area contributed by atoms with Gasteiger partial charge in [0.1, 0.15) is 11.5 Å². The van der Waals surface area contributed by atoms with Crippen molar-refractivity contribution in [2.75, 3.05) is 20.8 Å². The predicted octanol–water partition coefficient (Wildman–Crippen LogP) is 5.03. The van der Waals surface area contributed by atoms with Gasteiger partial charge in [0, 0.05) is 24.2 Å². The molecule has 2 aromatic carbocycles. The Morgan fingerprint density at radius 2 is 1.76 bits per heavy atom. The fourth-order valence-electron chi connectivity index (χ4n) is 4.14. The van der Waals surface area contributed by atoms with Crippen molar-refractivity contribution in [3.63, 3.8) is 0 Å². The smallest absolute Gasteiger partial charge is 0.122 e. The fourth-order valence-corrected chi connectivity index (χ4v) is 4.14. The number of aromatic nitrogens is 1. The van der Waals surface area contributed by atoms with Gasteiger partial charge < -0.3 is 9.47 Å². The van der Waals surface area contributed by atoms with Crippen molar-refractivity contribution >= 4 is 0 Å². The van der Waals surface area contributed by atoms with Crippen molar-refractivity contribution in [1.82, 2.24) is 9.88 Å². The molecular weight excluding hydrogens is 360 g/mol. The standard InChI is InChI=1S/C25H28N2O2/c1-28-22-14-12-19(13-15-22)18-27-16-6-10-24(27)23-9-5-8-21(26-23)17-20-7-3-4-11-25(20)29-2/h3-5,7-9,11-15,24H,6,10,16-18H2,1-2H3. The van der Waals surface area contributed by atoms with Gasteiger partial charge in [-0.2, -0.15) is 0 Å². The van der Waals surface area contributed by atoms with Crippen LogP contribution in [0.4, 0.5) is 0 Å². The van der Waals surface area contributed by atoms with E-state index >= 15 is 0 Å². The average molecular weight is 389 g/mol. The second-order valence-corrected chi connectivity index (χ2v) is 7.52. The first-order chi connectivity index (χ1) is 14.3. The zero-order chi connectivity index (χ0) is 20.1. The molecule has 4 heteroatoms. The second-order valence-electron chi connectivity index (χ2n) is 7.52. The van der Waals surface area contributed by atoms with Crippen LogP contribution in [0.2, 0.25) is 0 Å². The van der Waals surface area contributed by atoms with E-state index in [1.165, 1.54) is 23.2 Å². The summed E-state index contributed by atoms with van der Waals surface area (Å²) in [6, 6.07) is 23.3. The topological polar surface area (TPSA) is 34.6 Å². The number of methoxy groups -OCH3 is 2. The van der Waals surface area contributed by atoms with Crippen LogP contribution in [0.15, 0.2) is 66.7 Å². The van der Waals surface area contributed by atoms with Crippen LogP contribution in [-0.4, -0.2) is 30.6 Å². The van der Waals surface area contributed by atoms with E-state index in [0.717, 1.165) is 43.1 Å². The van der Waals surface area contributed by atoms with Crippen LogP contribution in [0, 0.1) is 0 Å². The molecule has 1 atom stereocenters. The molecule has 0 spiro atoms. The molecule has 4 nitrogen and oxygen atoms in total. The third kappa shape index (κ3) is 4.60. The summed E-state index contributed by atoms with van der Waals surface area (Å²) < 4.78 is 10.8. The van der Waals surface area contributed by atoms with Gasteiger partial charge in [0.25, 0.3) is 0 Å². The Bertz CT molecular complexity index is 940. The number of nitrogens with zero attached hydrogens (tertiary/aromatic N) is 2. The second kappa shape index (κ2) is 9.10. The maximum Gasteiger partial charge on any atom is 0.122 e. The lowest BCUT2D eigenvalue weighted by molar-refractivity contribution is 0.244. The fraction of sp³-hybridized carbons (Fsp3) is 0.320. The molecule has 4 rings (SSSR count). The number of benzene rings is 2. The molecule has 150 valence electrons. The lowest BCUT2D eigenvalue weighted by Gasteiger charge is -2.24. The van der Waals surface area contributed by atoms with Crippen LogP contribution in [0.5, 0.6) is 11.5 Å². The number of pyridine rings is 1. The Hall–Kier alpha value is -2.85. The molecule has 0 radical (unpaired) electrons. The molecular formula is C25H28N2O2. The highest BCUT2D eigenvalue weighted by Gasteiger charge is 2.27. The molecule has 1 aromatic heterocycles. The molecule has 3 aromatic rings. The Kier molecular flexibility index (Phi) is 6.11. The summed E-state index contributed by atoms with van der Waals surface area (Å²) in [4.78, 5) is 7.57. The molecule has 0 N–H and O–H groups in total. The van der Waals surface area contributed by atoms with Crippen LogP contribution in [-0.2, 0) is 13.0 Å². The highest BCUT2D eigenvalue weighted by molar-refractivity contribution is 5.36. The van der Waals surface area contributed by atoms with Gasteiger partial charge in [-0.25, -0.2) is 0 Å². The zero-order valence-electron chi connectivity index (χ0n) is 17.2. The van der Waals surface area contributed by atoms with E-state index in [1.807, 2.05) is 24.3 Å². The quantitative estimate of drug-likeness (QED) is 0.569. The molecule has 0 amide bonds. The number of likely N-dealkylation sites (tertiary alicyclic amines) is 1. The molecule has 1 saturated heterocycles. The highest BCUT2D eigenvalue weighted by atomic mass is 16.5. The van der Waals surface area contributed by atoms with E-state index in [2.05, 4.69) is 47.4 Å². The largest absolute Gasteiger partial charge is 0.497 e. The van der Waals surface area contributed by atoms with Gasteiger partial charge >= 0.3 is 0 Å². The normalized spacial score (nSPS) is 16.7. The minimum Gasteiger partial charge on any atom is -0.497 e. The molecule has 0 saturated carbocycles. The summed E-state index contributed by atoms with van der Waals surface area (Å²) in [5.41, 5.74) is 4.73. The van der Waals surface area contributed by atoms with Crippen LogP contribution >= 0.6 is 0 Å². The maximum absolute atomic E-state index is 5.50. The summed E-state index contributed by atoms with van der Waals surface area (Å²) in [5.74, 6) is 1.82. The molecule has 29 heavy (non-hydrogen) atoms. The van der Waals surface area contributed by atoms with Crippen LogP contribution in [0.3, 0.4) is 0 Å². The van der Waals surface area contributed by atoms with Crippen molar-refractivity contribution < 1.29 is 9.47 Å². The Balaban J connectivity index is 1.50. The summed E-state index contributed by atoms with van der Waals surface area (Å²) in [6.45, 7) is 2.04. The minimum absolute atomic E-state index is 0.370. The van der Waals surface area contributed by atoms with Gasteiger partial charge in [-0.05, 0) is 55.3 Å². The Morgan fingerprint density at radius 1 is 0.931 bits per heavy atom. The van der Waals surface area contributed by atoms with E-state index in [0.29, 0.717) is 6.04 Å². The van der Waals surface area contributed by atoms with Crippen molar-refractivity contribution in [2.45, 2.75) is 31.8 Å². The molecule has 1 aliphatic heterocycles. The van der Waals surface area contributed by atoms with Gasteiger partial charge in [0.2, 0.25) is 0 Å². The summed E-state index contributed by atoms with van der Waals surface area (Å²) in [6.07, 6.45) is 3.14. The van der Waals surface area contributed by atoms with Crippen molar-refractivity contribution in [3.05, 3.63) is 89.2 Å². The molecule has 0 bridgehead atoms. The van der Waals surface area contributed by atoms with Crippen LogP contribution < -0.4 is 9.47 Å². The molecule has 1 unspecified atom stereocenters. The van der Waals surface area contributed by atoms with E-state index in [9.17, 15) is 0 Å². The summed E-state index contributed by atoms with van der Waals surface area (Å²) in [7, 11) is 3.42. The first-order valence-electron chi connectivity index (χ1n) is 10.2. The lowest BCUT2D eigenvalue weighted by Crippen LogP contribution is -2.23. The van der Waals surface area contributed by atoms with Gasteiger partial charge in [0.15, 0.2) is 0 Å². The first kappa shape index (κ1) is 19.5. The van der Waals surface area contributed by atoms with E-state index in [-0.39, 0.29) is 0 Å². The zero-order valence-corrected chi connectivity index (χ0v) is 17.2. The Morgan fingerprint density at radius 3 is 2.55 bits per heavy atom. The minimum atomic E-state index is 0.370. The third-order valence-electron chi connectivity index (χ3n) is 5.64. The highest BCUT2D eigenvalue weighted by Crippen LogP contribution is 2.33. The number of para-hydroxylation sites is 1. The molecule has 2 heterocycles. The van der Waals surface area contributed by atoms with E-state index < -0.39 is 0 Å². The monoisotopic (exact) mass is 388 g/mol. The number of hydrogen-bond acceptors (Lipinski definition) is 4. The summed E-state index contributed by atoms with van der Waals surface area (Å²) >= 11 is 0. The number of ether oxygens (including phenoxy) is 2. The predicted molar refractivity (Wildman–Crippen MR) is 115 cm³/mol. The molecule has 1 aliphatic rings. The van der Waals surface area contributed by atoms with Gasteiger partial charge in [0.05, 0.1) is 26.0 Å². The SMILES string of the molecule is COc1ccc(CN2CCCC2c2cccc(Cc3ccccc3OC)n2)cc1. The number of rotatable bonds is 7. The Labute approximate surface area is 173 Å².